The zero-order valence-electron chi connectivity index (χ0n) is 20.9. The van der Waals surface area contributed by atoms with E-state index in [-0.39, 0.29) is 18.7 Å². The van der Waals surface area contributed by atoms with E-state index in [1.165, 1.54) is 57.8 Å². The highest BCUT2D eigenvalue weighted by Gasteiger charge is 2.08. The molecule has 0 saturated carbocycles. The molecule has 0 radical (unpaired) electrons. The topological polar surface area (TPSA) is 99.0 Å². The van der Waals surface area contributed by atoms with Gasteiger partial charge < -0.3 is 15.6 Å². The molecule has 0 saturated heterocycles. The lowest BCUT2D eigenvalue weighted by atomic mass is 10.1. The molecular formula is C28H44N2O4. The average molecular weight is 473 g/mol. The minimum absolute atomic E-state index is 0.00713. The van der Waals surface area contributed by atoms with E-state index in [4.69, 9.17) is 10.3 Å². The number of benzene rings is 1. The summed E-state index contributed by atoms with van der Waals surface area (Å²) in [6.45, 7) is 2.25. The molecule has 3 N–H and O–H groups in total. The quantitative estimate of drug-likeness (QED) is 0.0595. The van der Waals surface area contributed by atoms with Gasteiger partial charge in [-0.2, -0.15) is 0 Å². The molecule has 6 nitrogen and oxygen atoms in total. The van der Waals surface area contributed by atoms with E-state index in [1.807, 2.05) is 0 Å². The molecule has 0 aliphatic heterocycles. The molecule has 6 heteroatoms. The first kappa shape index (κ1) is 29.4. The van der Waals surface area contributed by atoms with Gasteiger partial charge in [0.25, 0.3) is 0 Å². The number of carboxylic acids is 1. The second kappa shape index (κ2) is 19.8. The van der Waals surface area contributed by atoms with Crippen molar-refractivity contribution >= 4 is 23.3 Å². The standard InChI is InChI=1S/C28H44N2O4/c1-2-3-4-5-6-7-8-9-10-11-12-13-14-15-16-17-27(31)29-25-20-18-24(19-21-25)26(30-34)22-23-28(32)33/h9-10,18-21,34H,2-8,11-17,22-23H2,1H3,(H,29,31)(H,32,33). The Morgan fingerprint density at radius 2 is 1.35 bits per heavy atom. The van der Waals surface area contributed by atoms with Crippen molar-refractivity contribution < 1.29 is 19.9 Å². The van der Waals surface area contributed by atoms with Gasteiger partial charge >= 0.3 is 5.97 Å². The average Bonchev–Trinajstić information content (AvgIpc) is 2.82. The molecule has 0 aliphatic carbocycles. The number of hydrogen-bond acceptors (Lipinski definition) is 4. The van der Waals surface area contributed by atoms with E-state index in [0.717, 1.165) is 25.7 Å². The van der Waals surface area contributed by atoms with Crippen molar-refractivity contribution in [2.24, 2.45) is 5.16 Å². The van der Waals surface area contributed by atoms with E-state index in [9.17, 15) is 9.59 Å². The smallest absolute Gasteiger partial charge is 0.303 e. The van der Waals surface area contributed by atoms with Crippen LogP contribution in [0.2, 0.25) is 0 Å². The zero-order valence-corrected chi connectivity index (χ0v) is 20.9. The highest BCUT2D eigenvalue weighted by Crippen LogP contribution is 2.14. The summed E-state index contributed by atoms with van der Waals surface area (Å²) in [6.07, 6.45) is 21.2. The summed E-state index contributed by atoms with van der Waals surface area (Å²) < 4.78 is 0. The number of carboxylic acid groups (broad SMARTS) is 1. The van der Waals surface area contributed by atoms with Crippen molar-refractivity contribution in [1.29, 1.82) is 0 Å². The second-order valence-electron chi connectivity index (χ2n) is 8.90. The van der Waals surface area contributed by atoms with Gasteiger partial charge in [0.05, 0.1) is 12.1 Å². The summed E-state index contributed by atoms with van der Waals surface area (Å²) in [7, 11) is 0. The van der Waals surface area contributed by atoms with Crippen LogP contribution in [0.1, 0.15) is 115 Å². The van der Waals surface area contributed by atoms with Gasteiger partial charge in [-0.3, -0.25) is 9.59 Å². The van der Waals surface area contributed by atoms with Gasteiger partial charge in [0.1, 0.15) is 0 Å². The van der Waals surface area contributed by atoms with E-state index in [2.05, 4.69) is 29.5 Å². The van der Waals surface area contributed by atoms with Crippen molar-refractivity contribution in [3.63, 3.8) is 0 Å². The van der Waals surface area contributed by atoms with Crippen LogP contribution in [0.4, 0.5) is 5.69 Å². The zero-order chi connectivity index (χ0) is 24.9. The predicted molar refractivity (Wildman–Crippen MR) is 140 cm³/mol. The Balaban J connectivity index is 2.07. The largest absolute Gasteiger partial charge is 0.481 e. The van der Waals surface area contributed by atoms with Crippen molar-refractivity contribution in [3.05, 3.63) is 42.0 Å². The van der Waals surface area contributed by atoms with Crippen LogP contribution in [0.15, 0.2) is 41.6 Å². The first-order valence-electron chi connectivity index (χ1n) is 13.0. The Kier molecular flexibility index (Phi) is 17.1. The third-order valence-electron chi connectivity index (χ3n) is 5.86. The fourth-order valence-corrected chi connectivity index (χ4v) is 3.80. The second-order valence-corrected chi connectivity index (χ2v) is 8.90. The number of hydrogen-bond donors (Lipinski definition) is 3. The number of nitrogens with one attached hydrogen (secondary N) is 1. The van der Waals surface area contributed by atoms with Crippen molar-refractivity contribution in [2.45, 2.75) is 110 Å². The molecule has 34 heavy (non-hydrogen) atoms. The number of rotatable bonds is 20. The SMILES string of the molecule is CCCCCCCCC=CCCCCCCCC(=O)Nc1ccc(C(CCC(=O)O)=NO)cc1. The molecule has 0 atom stereocenters. The number of aliphatic carboxylic acids is 1. The molecular weight excluding hydrogens is 428 g/mol. The summed E-state index contributed by atoms with van der Waals surface area (Å²) in [5.41, 5.74) is 1.63. The van der Waals surface area contributed by atoms with E-state index in [0.29, 0.717) is 23.4 Å². The van der Waals surface area contributed by atoms with Crippen LogP contribution in [0, 0.1) is 0 Å². The highest BCUT2D eigenvalue weighted by atomic mass is 16.4. The van der Waals surface area contributed by atoms with Gasteiger partial charge in [-0.05, 0) is 49.8 Å². The lowest BCUT2D eigenvalue weighted by molar-refractivity contribution is -0.136. The number of carbonyl (C=O) groups is 2. The summed E-state index contributed by atoms with van der Waals surface area (Å²) in [5, 5.41) is 23.9. The molecule has 1 rings (SSSR count). The summed E-state index contributed by atoms with van der Waals surface area (Å²) in [4.78, 5) is 22.8. The van der Waals surface area contributed by atoms with Gasteiger partial charge in [-0.15, -0.1) is 0 Å². The molecule has 0 bridgehead atoms. The molecule has 0 unspecified atom stereocenters. The number of nitrogens with zero attached hydrogens (tertiary/aromatic N) is 1. The van der Waals surface area contributed by atoms with Crippen LogP contribution in [0.5, 0.6) is 0 Å². The third-order valence-corrected chi connectivity index (χ3v) is 5.86. The van der Waals surface area contributed by atoms with Crippen molar-refractivity contribution in [1.82, 2.24) is 0 Å². The number of anilines is 1. The van der Waals surface area contributed by atoms with Crippen LogP contribution in [0.25, 0.3) is 0 Å². The van der Waals surface area contributed by atoms with Crippen LogP contribution >= 0.6 is 0 Å². The monoisotopic (exact) mass is 472 g/mol. The molecule has 0 spiro atoms. The Morgan fingerprint density at radius 1 is 0.794 bits per heavy atom. The molecule has 190 valence electrons. The van der Waals surface area contributed by atoms with Crippen LogP contribution < -0.4 is 5.32 Å². The van der Waals surface area contributed by atoms with E-state index in [1.54, 1.807) is 24.3 Å². The van der Waals surface area contributed by atoms with Gasteiger partial charge in [-0.1, -0.05) is 87.7 Å². The third kappa shape index (κ3) is 15.3. The number of allylic oxidation sites excluding steroid dienone is 2. The highest BCUT2D eigenvalue weighted by molar-refractivity contribution is 6.01. The number of unbranched alkanes of at least 4 members (excludes halogenated alkanes) is 11. The fourth-order valence-electron chi connectivity index (χ4n) is 3.80. The molecule has 0 aromatic heterocycles. The van der Waals surface area contributed by atoms with Crippen LogP contribution in [0.3, 0.4) is 0 Å². The summed E-state index contributed by atoms with van der Waals surface area (Å²) >= 11 is 0. The Bertz CT molecular complexity index is 741. The summed E-state index contributed by atoms with van der Waals surface area (Å²) in [5.74, 6) is -0.951. The Hall–Kier alpha value is -2.63. The van der Waals surface area contributed by atoms with Crippen molar-refractivity contribution in [2.75, 3.05) is 5.32 Å². The first-order valence-corrected chi connectivity index (χ1v) is 13.0. The maximum atomic E-state index is 12.1. The Morgan fingerprint density at radius 3 is 1.91 bits per heavy atom. The predicted octanol–water partition coefficient (Wildman–Crippen LogP) is 7.71. The first-order chi connectivity index (χ1) is 16.6. The van der Waals surface area contributed by atoms with Gasteiger partial charge in [0.15, 0.2) is 0 Å². The Labute approximate surface area is 205 Å². The minimum Gasteiger partial charge on any atom is -0.481 e. The molecule has 0 heterocycles. The van der Waals surface area contributed by atoms with Crippen LogP contribution in [-0.2, 0) is 9.59 Å². The number of oxime groups is 1. The number of carbonyl (C=O) groups excluding carboxylic acids is 1. The lowest BCUT2D eigenvalue weighted by Gasteiger charge is -2.07. The van der Waals surface area contributed by atoms with E-state index < -0.39 is 5.97 Å². The lowest BCUT2D eigenvalue weighted by Crippen LogP contribution is -2.11. The maximum Gasteiger partial charge on any atom is 0.303 e. The number of amides is 1. The molecule has 1 aromatic rings. The molecule has 1 amide bonds. The van der Waals surface area contributed by atoms with Crippen molar-refractivity contribution in [3.8, 4) is 0 Å². The molecule has 1 aromatic carbocycles. The van der Waals surface area contributed by atoms with E-state index >= 15 is 0 Å². The summed E-state index contributed by atoms with van der Waals surface area (Å²) in [6, 6.07) is 6.90. The van der Waals surface area contributed by atoms with Gasteiger partial charge in [0, 0.05) is 18.5 Å². The molecule has 0 aliphatic rings. The minimum atomic E-state index is -0.944. The maximum absolute atomic E-state index is 12.1. The van der Waals surface area contributed by atoms with Gasteiger partial charge in [0.2, 0.25) is 5.91 Å². The normalized spacial score (nSPS) is 11.7. The fraction of sp³-hybridized carbons (Fsp3) is 0.607. The molecule has 0 fully saturated rings. The van der Waals surface area contributed by atoms with Gasteiger partial charge in [-0.25, -0.2) is 0 Å². The van der Waals surface area contributed by atoms with Crippen LogP contribution in [-0.4, -0.2) is 27.9 Å².